The van der Waals surface area contributed by atoms with Crippen LogP contribution >= 0.6 is 0 Å². The van der Waals surface area contributed by atoms with Crippen molar-refractivity contribution in [1.82, 2.24) is 10.2 Å². The van der Waals surface area contributed by atoms with E-state index in [9.17, 15) is 34.8 Å². The van der Waals surface area contributed by atoms with Crippen molar-refractivity contribution in [3.63, 3.8) is 0 Å². The molecule has 220 valence electrons. The number of nitrogens with two attached hydrogens (primary N) is 1. The first kappa shape index (κ1) is 30.0. The molecule has 3 aliphatic carbocycles. The number of Topliss-reactive ketones (excluding diaryl/α,β-unsaturated/α-hetero) is 2. The third-order valence-electron chi connectivity index (χ3n) is 8.60. The Morgan fingerprint density at radius 3 is 2.33 bits per heavy atom. The zero-order valence-corrected chi connectivity index (χ0v) is 24.3. The number of amides is 1. The number of likely N-dealkylation sites (N-methyl/N-ethyl adjacent to an activating group) is 1. The summed E-state index contributed by atoms with van der Waals surface area (Å²) < 4.78 is 0. The second-order valence-corrected chi connectivity index (χ2v) is 13.1. The Kier molecular flexibility index (Phi) is 7.59. The Morgan fingerprint density at radius 2 is 1.80 bits per heavy atom. The highest BCUT2D eigenvalue weighted by atomic mass is 16.3. The number of phenolic OH excluding ortho intramolecular Hbond substituents is 1. The lowest BCUT2D eigenvalue weighted by Gasteiger charge is -2.53. The Bertz CT molecular complexity index is 1280. The van der Waals surface area contributed by atoms with Gasteiger partial charge in [-0.2, -0.15) is 0 Å². The van der Waals surface area contributed by atoms with E-state index in [-0.39, 0.29) is 35.1 Å². The van der Waals surface area contributed by atoms with Gasteiger partial charge < -0.3 is 41.3 Å². The van der Waals surface area contributed by atoms with E-state index >= 15 is 0 Å². The number of rotatable bonds is 6. The van der Waals surface area contributed by atoms with Crippen molar-refractivity contribution < 1.29 is 34.8 Å². The Labute approximate surface area is 234 Å². The van der Waals surface area contributed by atoms with Gasteiger partial charge in [0.2, 0.25) is 11.7 Å². The third kappa shape index (κ3) is 4.58. The molecule has 11 heteroatoms. The molecule has 40 heavy (non-hydrogen) atoms. The number of nitrogens with one attached hydrogen (secondary N) is 1. The highest BCUT2D eigenvalue weighted by molar-refractivity contribution is 6.25. The Morgan fingerprint density at radius 1 is 1.18 bits per heavy atom. The van der Waals surface area contributed by atoms with Crippen LogP contribution in [0.25, 0.3) is 5.76 Å². The number of carbonyl (C=O) groups is 3. The van der Waals surface area contributed by atoms with E-state index < -0.39 is 58.7 Å². The summed E-state index contributed by atoms with van der Waals surface area (Å²) in [6.45, 7) is 7.22. The standard InChI is InChI=1S/C29H42N4O7/c1-28(2,3)12-31-11-14-10-17(32(4)5)15-8-13-9-16-21(33(6)7)24(36)20(27(30)39)26(38)29(16,40)25(37)18(13)23(35)19(15)22(14)34/h10,13,16,20-21,24,31,34-36,40H,8-9,11-12H2,1-7H3,(H2,30,39)/t13-,16-,20?,21?,24?,29-/m1/s1. The molecule has 1 aromatic rings. The minimum absolute atomic E-state index is 0.000652. The first-order valence-corrected chi connectivity index (χ1v) is 13.6. The van der Waals surface area contributed by atoms with Gasteiger partial charge >= 0.3 is 0 Å². The molecule has 0 heterocycles. The minimum atomic E-state index is -2.67. The molecule has 6 atom stereocenters. The fourth-order valence-electron chi connectivity index (χ4n) is 6.81. The zero-order chi connectivity index (χ0) is 30.1. The third-order valence-corrected chi connectivity index (χ3v) is 8.60. The average molecular weight is 559 g/mol. The number of aromatic hydroxyl groups is 1. The summed E-state index contributed by atoms with van der Waals surface area (Å²) in [5.74, 6) is -7.43. The highest BCUT2D eigenvalue weighted by Gasteiger charge is 2.67. The van der Waals surface area contributed by atoms with E-state index in [1.54, 1.807) is 19.0 Å². The largest absolute Gasteiger partial charge is 0.507 e. The summed E-state index contributed by atoms with van der Waals surface area (Å²) in [5.41, 5.74) is 4.64. The van der Waals surface area contributed by atoms with E-state index in [0.717, 1.165) is 5.69 Å². The van der Waals surface area contributed by atoms with E-state index in [4.69, 9.17) is 5.73 Å². The van der Waals surface area contributed by atoms with E-state index in [2.05, 4.69) is 26.1 Å². The SMILES string of the molecule is CN(C)c1cc(CNCC(C)(C)C)c(O)c2c1C[C@@H]1C[C@@H]3C(N(C)C)C(O)C(C(N)=O)C(=O)[C@]3(O)C(=O)C1=C2O. The molecule has 2 saturated carbocycles. The monoisotopic (exact) mass is 558 g/mol. The molecule has 11 nitrogen and oxygen atoms in total. The van der Waals surface area contributed by atoms with Gasteiger partial charge in [0, 0.05) is 56.0 Å². The van der Waals surface area contributed by atoms with Crippen molar-refractivity contribution in [1.29, 1.82) is 0 Å². The molecule has 2 fully saturated rings. The molecule has 0 bridgehead atoms. The van der Waals surface area contributed by atoms with Gasteiger partial charge in [-0.1, -0.05) is 20.8 Å². The summed E-state index contributed by atoms with van der Waals surface area (Å²) in [4.78, 5) is 43.2. The van der Waals surface area contributed by atoms with Crippen LogP contribution < -0.4 is 16.0 Å². The van der Waals surface area contributed by atoms with Crippen LogP contribution in [0.3, 0.4) is 0 Å². The Hall–Kier alpha value is -2.99. The van der Waals surface area contributed by atoms with Gasteiger partial charge in [-0.3, -0.25) is 14.4 Å². The molecule has 0 aromatic heterocycles. The molecule has 3 aliphatic rings. The van der Waals surface area contributed by atoms with Crippen LogP contribution in [0.2, 0.25) is 0 Å². The lowest BCUT2D eigenvalue weighted by Crippen LogP contribution is -2.73. The van der Waals surface area contributed by atoms with Crippen LogP contribution in [-0.2, 0) is 27.3 Å². The van der Waals surface area contributed by atoms with Gasteiger partial charge in [-0.25, -0.2) is 0 Å². The molecule has 7 N–H and O–H groups in total. The van der Waals surface area contributed by atoms with Crippen LogP contribution in [0.1, 0.15) is 43.9 Å². The van der Waals surface area contributed by atoms with Gasteiger partial charge in [0.05, 0.1) is 11.7 Å². The van der Waals surface area contributed by atoms with Crippen molar-refractivity contribution >= 4 is 28.9 Å². The zero-order valence-electron chi connectivity index (χ0n) is 24.3. The summed E-state index contributed by atoms with van der Waals surface area (Å²) in [6, 6.07) is 0.934. The fraction of sp³-hybridized carbons (Fsp3) is 0.621. The van der Waals surface area contributed by atoms with Crippen molar-refractivity contribution in [3.05, 3.63) is 28.3 Å². The number of aliphatic hydroxyl groups is 3. The van der Waals surface area contributed by atoms with Crippen LogP contribution in [0.15, 0.2) is 11.6 Å². The van der Waals surface area contributed by atoms with Gasteiger partial charge in [-0.05, 0) is 49.9 Å². The molecule has 0 aliphatic heterocycles. The number of aliphatic hydroxyl groups excluding tert-OH is 2. The number of fused-ring (bicyclic) bond motifs is 3. The quantitative estimate of drug-likeness (QED) is 0.267. The number of nitrogens with zero attached hydrogens (tertiary/aromatic N) is 2. The summed E-state index contributed by atoms with van der Waals surface area (Å²) >= 11 is 0. The van der Waals surface area contributed by atoms with Gasteiger partial charge in [0.15, 0.2) is 11.4 Å². The molecule has 4 rings (SSSR count). The number of hydrogen-bond acceptors (Lipinski definition) is 10. The molecular formula is C29H42N4O7. The average Bonchev–Trinajstić information content (AvgIpc) is 2.81. The van der Waals surface area contributed by atoms with Crippen LogP contribution in [0.4, 0.5) is 5.69 Å². The first-order chi connectivity index (χ1) is 18.4. The van der Waals surface area contributed by atoms with E-state index in [0.29, 0.717) is 24.2 Å². The summed E-state index contributed by atoms with van der Waals surface area (Å²) in [6.07, 6.45) is -1.17. The lowest BCUT2D eigenvalue weighted by molar-refractivity contribution is -0.184. The molecule has 3 unspecified atom stereocenters. The van der Waals surface area contributed by atoms with Gasteiger partial charge in [-0.15, -0.1) is 0 Å². The van der Waals surface area contributed by atoms with Crippen molar-refractivity contribution in [2.24, 2.45) is 28.9 Å². The molecule has 1 amide bonds. The maximum absolute atomic E-state index is 14.0. The van der Waals surface area contributed by atoms with Crippen LogP contribution in [0.5, 0.6) is 5.75 Å². The van der Waals surface area contributed by atoms with Crippen molar-refractivity contribution in [2.75, 3.05) is 39.6 Å². The molecule has 0 spiro atoms. The van der Waals surface area contributed by atoms with Gasteiger partial charge in [0.25, 0.3) is 0 Å². The fourth-order valence-corrected chi connectivity index (χ4v) is 6.81. The van der Waals surface area contributed by atoms with Crippen LogP contribution in [-0.4, -0.2) is 95.3 Å². The predicted octanol–water partition coefficient (Wildman–Crippen LogP) is 0.331. The molecule has 0 saturated heterocycles. The number of phenols is 1. The predicted molar refractivity (Wildman–Crippen MR) is 150 cm³/mol. The Balaban J connectivity index is 1.88. The molecule has 1 aromatic carbocycles. The molecule has 0 radical (unpaired) electrons. The summed E-state index contributed by atoms with van der Waals surface area (Å²) in [7, 11) is 6.96. The number of hydrogen-bond donors (Lipinski definition) is 6. The minimum Gasteiger partial charge on any atom is -0.507 e. The van der Waals surface area contributed by atoms with Crippen molar-refractivity contribution in [3.8, 4) is 5.75 Å². The number of anilines is 1. The van der Waals surface area contributed by atoms with Crippen LogP contribution in [0, 0.1) is 23.2 Å². The molecular weight excluding hydrogens is 516 g/mol. The second kappa shape index (κ2) is 10.1. The highest BCUT2D eigenvalue weighted by Crippen LogP contribution is 2.53. The summed E-state index contributed by atoms with van der Waals surface area (Å²) in [5, 5.41) is 49.0. The number of ketones is 2. The lowest BCUT2D eigenvalue weighted by atomic mass is 9.54. The van der Waals surface area contributed by atoms with Crippen molar-refractivity contribution in [2.45, 2.75) is 57.9 Å². The second-order valence-electron chi connectivity index (χ2n) is 13.1. The number of benzene rings is 1. The number of primary amides is 1. The van der Waals surface area contributed by atoms with E-state index in [1.165, 1.54) is 0 Å². The maximum Gasteiger partial charge on any atom is 0.230 e. The van der Waals surface area contributed by atoms with Gasteiger partial charge in [0.1, 0.15) is 17.4 Å². The smallest absolute Gasteiger partial charge is 0.230 e. The van der Waals surface area contributed by atoms with E-state index in [1.807, 2.05) is 25.1 Å². The first-order valence-electron chi connectivity index (χ1n) is 13.6. The topological polar surface area (TPSA) is 177 Å². The number of carbonyl (C=O) groups excluding carboxylic acids is 3. The normalized spacial score (nSPS) is 30.2. The maximum atomic E-state index is 14.0.